The van der Waals surface area contributed by atoms with Crippen molar-refractivity contribution in [2.75, 3.05) is 73.5 Å². The van der Waals surface area contributed by atoms with Crippen molar-refractivity contribution in [3.8, 4) is 17.2 Å². The second kappa shape index (κ2) is 15.0. The Morgan fingerprint density at radius 3 is 2.51 bits per heavy atom. The summed E-state index contributed by atoms with van der Waals surface area (Å²) in [5, 5.41) is 10.4. The zero-order chi connectivity index (χ0) is 30.2. The van der Waals surface area contributed by atoms with Crippen LogP contribution in [0.4, 0.5) is 0 Å². The van der Waals surface area contributed by atoms with E-state index >= 15 is 0 Å². The van der Waals surface area contributed by atoms with Gasteiger partial charge in [-0.1, -0.05) is 13.3 Å². The normalized spacial score (nSPS) is 20.5. The van der Waals surface area contributed by atoms with Gasteiger partial charge in [0.1, 0.15) is 0 Å². The maximum atomic E-state index is 13.6. The van der Waals surface area contributed by atoms with Crippen molar-refractivity contribution >= 4 is 21.9 Å². The summed E-state index contributed by atoms with van der Waals surface area (Å²) < 4.78 is 42.3. The highest BCUT2D eigenvalue weighted by atomic mass is 32.2. The minimum Gasteiger partial charge on any atom is -0.493 e. The summed E-state index contributed by atoms with van der Waals surface area (Å²) in [4.78, 5) is 32.3. The van der Waals surface area contributed by atoms with Crippen molar-refractivity contribution in [1.29, 1.82) is 0 Å². The van der Waals surface area contributed by atoms with Gasteiger partial charge in [0.05, 0.1) is 25.8 Å². The monoisotopic (exact) mass is 598 g/mol. The van der Waals surface area contributed by atoms with Crippen molar-refractivity contribution in [3.63, 3.8) is 0 Å². The molecule has 1 fully saturated rings. The van der Waals surface area contributed by atoms with Crippen molar-refractivity contribution in [2.45, 2.75) is 51.0 Å². The van der Waals surface area contributed by atoms with Crippen LogP contribution in [0.1, 0.15) is 50.5 Å². The fourth-order valence-electron chi connectivity index (χ4n) is 5.68. The molecule has 2 N–H and O–H groups in total. The molecular formula is C28H46N4O8S. The van der Waals surface area contributed by atoms with Gasteiger partial charge in [-0.05, 0) is 64.0 Å². The number of rotatable bonds is 17. The predicted molar refractivity (Wildman–Crippen MR) is 155 cm³/mol. The van der Waals surface area contributed by atoms with Crippen molar-refractivity contribution in [2.24, 2.45) is 5.92 Å². The smallest absolute Gasteiger partial charge is 0.308 e. The Bertz CT molecular complexity index is 1150. The van der Waals surface area contributed by atoms with Crippen molar-refractivity contribution < 1.29 is 37.3 Å². The first-order valence-corrected chi connectivity index (χ1v) is 16.2. The molecule has 3 atom stereocenters. The average Bonchev–Trinajstić information content (AvgIpc) is 3.52. The summed E-state index contributed by atoms with van der Waals surface area (Å²) in [6.07, 6.45) is 4.66. The number of carbonyl (C=O) groups excluding carboxylic acids is 1. The summed E-state index contributed by atoms with van der Waals surface area (Å²) in [7, 11) is 2.16. The molecule has 1 aromatic carbocycles. The van der Waals surface area contributed by atoms with Crippen LogP contribution < -0.4 is 18.9 Å². The first kappa shape index (κ1) is 32.9. The number of carboxylic acid groups (broad SMARTS) is 1. The lowest BCUT2D eigenvalue weighted by molar-refractivity contribution is -0.143. The van der Waals surface area contributed by atoms with Crippen LogP contribution in [-0.4, -0.2) is 120 Å². The highest BCUT2D eigenvalue weighted by molar-refractivity contribution is 7.88. The topological polar surface area (TPSA) is 138 Å². The molecule has 0 saturated carbocycles. The molecule has 3 rings (SSSR count). The number of methoxy groups -OCH3 is 1. The van der Waals surface area contributed by atoms with Crippen LogP contribution in [0.25, 0.3) is 0 Å². The maximum absolute atomic E-state index is 13.6. The Morgan fingerprint density at radius 2 is 1.88 bits per heavy atom. The van der Waals surface area contributed by atoms with Crippen LogP contribution in [0.5, 0.6) is 17.2 Å². The number of hydrogen-bond acceptors (Lipinski definition) is 9. The van der Waals surface area contributed by atoms with Crippen LogP contribution >= 0.6 is 0 Å². The molecule has 0 aliphatic carbocycles. The minimum atomic E-state index is -3.37. The molecule has 0 unspecified atom stereocenters. The van der Waals surface area contributed by atoms with E-state index in [4.69, 9.17) is 14.2 Å². The Labute approximate surface area is 243 Å². The zero-order valence-corrected chi connectivity index (χ0v) is 25.7. The van der Waals surface area contributed by atoms with Gasteiger partial charge in [-0.2, -0.15) is 0 Å². The van der Waals surface area contributed by atoms with E-state index in [0.717, 1.165) is 37.6 Å². The van der Waals surface area contributed by atoms with E-state index in [1.807, 2.05) is 23.9 Å². The number of aliphatic carboxylic acids is 1. The quantitative estimate of drug-likeness (QED) is 0.255. The number of amides is 1. The molecular weight excluding hydrogens is 552 g/mol. The van der Waals surface area contributed by atoms with Gasteiger partial charge in [0.25, 0.3) is 0 Å². The Kier molecular flexibility index (Phi) is 12.1. The van der Waals surface area contributed by atoms with Gasteiger partial charge in [0, 0.05) is 38.1 Å². The summed E-state index contributed by atoms with van der Waals surface area (Å²) in [5.41, 5.74) is 0.738. The fourth-order valence-corrected chi connectivity index (χ4v) is 6.20. The van der Waals surface area contributed by atoms with E-state index in [0.29, 0.717) is 49.7 Å². The van der Waals surface area contributed by atoms with Gasteiger partial charge in [-0.15, -0.1) is 0 Å². The van der Waals surface area contributed by atoms with E-state index in [9.17, 15) is 23.1 Å². The molecule has 41 heavy (non-hydrogen) atoms. The van der Waals surface area contributed by atoms with Crippen LogP contribution in [0, 0.1) is 5.92 Å². The standard InChI is InChI=1S/C28H46N4O8S/c1-6-7-13-31(14-9-12-30(2)3)25(33)18-32-17-21(20-15-23(38-4)27-24(16-20)39-19-40-27)26(28(34)35)22(32)10-8-11-29-41(5,36)37/h15-16,21-22,26,29H,6-14,17-19H2,1-5H3,(H,34,35)/t21-,22+,26-/m1/s1. The number of nitrogens with one attached hydrogen (secondary N) is 1. The van der Waals surface area contributed by atoms with Gasteiger partial charge in [-0.3, -0.25) is 14.5 Å². The van der Waals surface area contributed by atoms with Gasteiger partial charge in [-0.25, -0.2) is 13.1 Å². The fraction of sp³-hybridized carbons (Fsp3) is 0.714. The number of carboxylic acids is 1. The highest BCUT2D eigenvalue weighted by Gasteiger charge is 2.47. The lowest BCUT2D eigenvalue weighted by Crippen LogP contribution is -2.45. The third-order valence-corrected chi connectivity index (χ3v) is 8.42. The lowest BCUT2D eigenvalue weighted by atomic mass is 9.83. The van der Waals surface area contributed by atoms with Crippen LogP contribution in [-0.2, 0) is 19.6 Å². The number of sulfonamides is 1. The number of fused-ring (bicyclic) bond motifs is 1. The van der Waals surface area contributed by atoms with Crippen molar-refractivity contribution in [3.05, 3.63) is 17.7 Å². The van der Waals surface area contributed by atoms with E-state index in [1.54, 1.807) is 12.1 Å². The molecule has 0 aromatic heterocycles. The van der Waals surface area contributed by atoms with E-state index < -0.39 is 33.9 Å². The Hall–Kier alpha value is -2.61. The molecule has 0 radical (unpaired) electrons. The molecule has 1 aromatic rings. The zero-order valence-electron chi connectivity index (χ0n) is 24.9. The summed E-state index contributed by atoms with van der Waals surface area (Å²) >= 11 is 0. The molecule has 2 aliphatic heterocycles. The van der Waals surface area contributed by atoms with E-state index in [1.165, 1.54) is 7.11 Å². The maximum Gasteiger partial charge on any atom is 0.308 e. The second-order valence-electron chi connectivity index (χ2n) is 11.1. The molecule has 12 nitrogen and oxygen atoms in total. The van der Waals surface area contributed by atoms with Crippen LogP contribution in [0.2, 0.25) is 0 Å². The van der Waals surface area contributed by atoms with Gasteiger partial charge >= 0.3 is 5.97 Å². The number of unbranched alkanes of at least 4 members (excludes halogenated alkanes) is 1. The Balaban J connectivity index is 1.88. The number of benzene rings is 1. The number of hydrogen-bond donors (Lipinski definition) is 2. The summed E-state index contributed by atoms with van der Waals surface area (Å²) in [6.45, 7) is 4.95. The Morgan fingerprint density at radius 1 is 1.15 bits per heavy atom. The van der Waals surface area contributed by atoms with E-state index in [-0.39, 0.29) is 25.8 Å². The number of nitrogens with zero attached hydrogens (tertiary/aromatic N) is 3. The minimum absolute atomic E-state index is 0.0236. The van der Waals surface area contributed by atoms with Crippen LogP contribution in [0.3, 0.4) is 0 Å². The molecule has 232 valence electrons. The first-order valence-electron chi connectivity index (χ1n) is 14.3. The SMILES string of the molecule is CCCCN(CCCN(C)C)C(=O)CN1C[C@H](c2cc(OC)c3c(c2)OCO3)[C@@H](C(=O)O)[C@@H]1CCCNS(C)(=O)=O. The predicted octanol–water partition coefficient (Wildman–Crippen LogP) is 1.80. The van der Waals surface area contributed by atoms with E-state index in [2.05, 4.69) is 16.5 Å². The third kappa shape index (κ3) is 9.19. The second-order valence-corrected chi connectivity index (χ2v) is 13.0. The summed E-state index contributed by atoms with van der Waals surface area (Å²) in [6, 6.07) is 3.12. The number of carbonyl (C=O) groups is 2. The molecule has 1 amide bonds. The lowest BCUT2D eigenvalue weighted by Gasteiger charge is -2.30. The molecule has 2 aliphatic rings. The number of likely N-dealkylation sites (tertiary alicyclic amines) is 1. The highest BCUT2D eigenvalue weighted by Crippen LogP contribution is 2.47. The molecule has 2 heterocycles. The van der Waals surface area contributed by atoms with Gasteiger partial charge in [0.2, 0.25) is 28.5 Å². The van der Waals surface area contributed by atoms with Gasteiger partial charge in [0.15, 0.2) is 11.5 Å². The van der Waals surface area contributed by atoms with Crippen molar-refractivity contribution in [1.82, 2.24) is 19.4 Å². The summed E-state index contributed by atoms with van der Waals surface area (Å²) in [5.74, 6) is -0.784. The number of ether oxygens (including phenoxy) is 3. The van der Waals surface area contributed by atoms with Gasteiger partial charge < -0.3 is 29.1 Å². The molecule has 13 heteroatoms. The first-order chi connectivity index (χ1) is 19.4. The molecule has 0 bridgehead atoms. The largest absolute Gasteiger partial charge is 0.493 e. The van der Waals surface area contributed by atoms with Crippen LogP contribution in [0.15, 0.2) is 12.1 Å². The third-order valence-electron chi connectivity index (χ3n) is 7.69. The molecule has 1 saturated heterocycles. The average molecular weight is 599 g/mol. The molecule has 0 spiro atoms.